The number of hydrogen-bond donors (Lipinski definition) is 2. The second-order valence-electron chi connectivity index (χ2n) is 6.42. The fourth-order valence-electron chi connectivity index (χ4n) is 3.24. The van der Waals surface area contributed by atoms with Crippen molar-refractivity contribution in [3.8, 4) is 11.3 Å². The van der Waals surface area contributed by atoms with Crippen LogP contribution in [0.1, 0.15) is 34.3 Å². The van der Waals surface area contributed by atoms with E-state index >= 15 is 4.39 Å². The van der Waals surface area contributed by atoms with Crippen LogP contribution in [0.15, 0.2) is 30.5 Å². The molecular weight excluding hydrogens is 389 g/mol. The molecule has 0 radical (unpaired) electrons. The second-order valence-corrected chi connectivity index (χ2v) is 6.69. The van der Waals surface area contributed by atoms with Crippen molar-refractivity contribution < 1.29 is 23.9 Å². The van der Waals surface area contributed by atoms with Gasteiger partial charge in [0.1, 0.15) is 11.9 Å². The van der Waals surface area contributed by atoms with Gasteiger partial charge in [-0.25, -0.2) is 4.39 Å². The van der Waals surface area contributed by atoms with Crippen molar-refractivity contribution in [3.05, 3.63) is 53.0 Å². The average molecular weight is 406 g/mol. The number of fused-ring (bicyclic) bond motifs is 1. The molecule has 3 N–H and O–H groups in total. The van der Waals surface area contributed by atoms with Gasteiger partial charge in [0, 0.05) is 35.2 Å². The number of aromatic nitrogens is 1. The number of rotatable bonds is 7. The van der Waals surface area contributed by atoms with E-state index in [4.69, 9.17) is 22.4 Å². The summed E-state index contributed by atoms with van der Waals surface area (Å²) in [5.41, 5.74) is 6.95. The van der Waals surface area contributed by atoms with E-state index in [1.807, 2.05) is 0 Å². The van der Waals surface area contributed by atoms with Gasteiger partial charge in [0.2, 0.25) is 5.91 Å². The topological polar surface area (TPSA) is 114 Å². The lowest BCUT2D eigenvalue weighted by atomic mass is 10.0. The maximum absolute atomic E-state index is 15.2. The highest BCUT2D eigenvalue weighted by Crippen LogP contribution is 2.33. The van der Waals surface area contributed by atoms with E-state index in [0.717, 1.165) is 10.5 Å². The molecule has 1 aliphatic rings. The summed E-state index contributed by atoms with van der Waals surface area (Å²) in [7, 11) is 0. The summed E-state index contributed by atoms with van der Waals surface area (Å²) in [6.45, 7) is -0.170. The molecule has 2 amide bonds. The van der Waals surface area contributed by atoms with Gasteiger partial charge in [-0.05, 0) is 36.2 Å². The lowest BCUT2D eigenvalue weighted by molar-refractivity contribution is -0.137. The number of aliphatic carboxylic acids is 1. The highest BCUT2D eigenvalue weighted by atomic mass is 35.5. The van der Waals surface area contributed by atoms with Crippen molar-refractivity contribution in [1.29, 1.82) is 0 Å². The van der Waals surface area contributed by atoms with Gasteiger partial charge in [-0.1, -0.05) is 0 Å². The molecule has 7 nitrogen and oxygen atoms in total. The molecule has 1 aliphatic heterocycles. The van der Waals surface area contributed by atoms with Gasteiger partial charge in [-0.2, -0.15) is 0 Å². The first-order valence-electron chi connectivity index (χ1n) is 8.48. The molecule has 28 heavy (non-hydrogen) atoms. The number of carboxylic acids is 1. The van der Waals surface area contributed by atoms with E-state index in [1.165, 1.54) is 18.3 Å². The van der Waals surface area contributed by atoms with Gasteiger partial charge in [-0.15, -0.1) is 11.6 Å². The van der Waals surface area contributed by atoms with Crippen LogP contribution in [0.4, 0.5) is 4.39 Å². The van der Waals surface area contributed by atoms with Crippen LogP contribution in [0.25, 0.3) is 11.3 Å². The van der Waals surface area contributed by atoms with E-state index < -0.39 is 29.6 Å². The van der Waals surface area contributed by atoms with Crippen LogP contribution in [-0.4, -0.2) is 38.8 Å². The van der Waals surface area contributed by atoms with E-state index in [2.05, 4.69) is 4.98 Å². The zero-order valence-electron chi connectivity index (χ0n) is 14.7. The predicted molar refractivity (Wildman–Crippen MR) is 98.9 cm³/mol. The smallest absolute Gasteiger partial charge is 0.303 e. The fraction of sp³-hybridized carbons (Fsp3) is 0.263. The number of benzene rings is 1. The highest BCUT2D eigenvalue weighted by Gasteiger charge is 2.37. The molecule has 0 spiro atoms. The Balaban J connectivity index is 1.95. The molecule has 0 bridgehead atoms. The van der Waals surface area contributed by atoms with Gasteiger partial charge in [0.05, 0.1) is 12.2 Å². The SMILES string of the molecule is NC(=O)[C@H](CCC(=O)O)N1Cc2c(ccc(-c3cc(CCl)ccn3)c2F)C1=O. The van der Waals surface area contributed by atoms with Crippen molar-refractivity contribution in [2.75, 3.05) is 0 Å². The molecule has 1 aromatic carbocycles. The number of carboxylic acid groups (broad SMARTS) is 1. The molecular formula is C19H17ClFN3O4. The largest absolute Gasteiger partial charge is 0.481 e. The molecule has 0 saturated carbocycles. The first kappa shape index (κ1) is 19.8. The lowest BCUT2D eigenvalue weighted by Gasteiger charge is -2.24. The van der Waals surface area contributed by atoms with E-state index in [0.29, 0.717) is 5.69 Å². The zero-order chi connectivity index (χ0) is 20.4. The number of nitrogens with zero attached hydrogens (tertiary/aromatic N) is 2. The molecule has 2 aromatic rings. The summed E-state index contributed by atoms with van der Waals surface area (Å²) in [6.07, 6.45) is 1.04. The van der Waals surface area contributed by atoms with Crippen LogP contribution < -0.4 is 5.73 Å². The van der Waals surface area contributed by atoms with Crippen molar-refractivity contribution in [2.45, 2.75) is 31.3 Å². The lowest BCUT2D eigenvalue weighted by Crippen LogP contribution is -2.45. The van der Waals surface area contributed by atoms with Crippen LogP contribution in [0, 0.1) is 5.82 Å². The monoisotopic (exact) mass is 405 g/mol. The third kappa shape index (κ3) is 3.68. The van der Waals surface area contributed by atoms with Crippen LogP contribution in [0.5, 0.6) is 0 Å². The molecule has 3 rings (SSSR count). The maximum Gasteiger partial charge on any atom is 0.303 e. The minimum Gasteiger partial charge on any atom is -0.481 e. The van der Waals surface area contributed by atoms with E-state index in [1.54, 1.807) is 12.1 Å². The number of amides is 2. The first-order valence-corrected chi connectivity index (χ1v) is 9.01. The third-order valence-electron chi connectivity index (χ3n) is 4.65. The number of carbonyl (C=O) groups excluding carboxylic acids is 2. The van der Waals surface area contributed by atoms with Crippen LogP contribution in [0.2, 0.25) is 0 Å². The van der Waals surface area contributed by atoms with Crippen LogP contribution >= 0.6 is 11.6 Å². The molecule has 9 heteroatoms. The Morgan fingerprint density at radius 1 is 1.32 bits per heavy atom. The second kappa shape index (κ2) is 7.93. The van der Waals surface area contributed by atoms with Gasteiger partial charge in [0.25, 0.3) is 5.91 Å². The third-order valence-corrected chi connectivity index (χ3v) is 4.96. The van der Waals surface area contributed by atoms with Crippen LogP contribution in [-0.2, 0) is 22.0 Å². The number of pyridine rings is 1. The Labute approximate surface area is 164 Å². The van der Waals surface area contributed by atoms with E-state index in [9.17, 15) is 14.4 Å². The Hall–Kier alpha value is -3.00. The van der Waals surface area contributed by atoms with E-state index in [-0.39, 0.29) is 42.0 Å². The standard InChI is InChI=1S/C19H17ClFN3O4/c20-8-10-5-6-23-14(7-10)12-2-1-11-13(17(12)21)9-24(19(11)28)15(18(22)27)3-4-16(25)26/h1-2,5-7,15H,3-4,8-9H2,(H2,22,27)(H,25,26)/t15-/m0/s1. The maximum atomic E-state index is 15.2. The number of primary amides is 1. The van der Waals surface area contributed by atoms with Crippen LogP contribution in [0.3, 0.4) is 0 Å². The highest BCUT2D eigenvalue weighted by molar-refractivity contribution is 6.17. The zero-order valence-corrected chi connectivity index (χ0v) is 15.4. The Bertz CT molecular complexity index is 966. The molecule has 0 unspecified atom stereocenters. The minimum absolute atomic E-state index is 0.122. The molecule has 2 heterocycles. The average Bonchev–Trinajstić information content (AvgIpc) is 2.99. The Morgan fingerprint density at radius 2 is 2.04 bits per heavy atom. The quantitative estimate of drug-likeness (QED) is 0.686. The molecule has 0 aliphatic carbocycles. The van der Waals surface area contributed by atoms with Crippen molar-refractivity contribution in [1.82, 2.24) is 9.88 Å². The normalized spacial score (nSPS) is 14.1. The Morgan fingerprint density at radius 3 is 2.68 bits per heavy atom. The number of carbonyl (C=O) groups is 3. The summed E-state index contributed by atoms with van der Waals surface area (Å²) in [4.78, 5) is 40.5. The molecule has 1 aromatic heterocycles. The van der Waals surface area contributed by atoms with Crippen molar-refractivity contribution >= 4 is 29.4 Å². The minimum atomic E-state index is -1.13. The number of nitrogens with two attached hydrogens (primary N) is 1. The number of alkyl halides is 1. The number of halogens is 2. The number of hydrogen-bond acceptors (Lipinski definition) is 4. The summed E-state index contributed by atoms with van der Waals surface area (Å²) in [5.74, 6) is -2.88. The van der Waals surface area contributed by atoms with Gasteiger partial charge < -0.3 is 15.7 Å². The summed E-state index contributed by atoms with van der Waals surface area (Å²) < 4.78 is 15.2. The Kier molecular flexibility index (Phi) is 5.60. The fourth-order valence-corrected chi connectivity index (χ4v) is 3.41. The summed E-state index contributed by atoms with van der Waals surface area (Å²) in [6, 6.07) is 5.17. The summed E-state index contributed by atoms with van der Waals surface area (Å²) in [5, 5.41) is 8.84. The van der Waals surface area contributed by atoms with Gasteiger partial charge >= 0.3 is 5.97 Å². The van der Waals surface area contributed by atoms with Gasteiger partial charge in [0.15, 0.2) is 0 Å². The first-order chi connectivity index (χ1) is 13.3. The van der Waals surface area contributed by atoms with Crippen molar-refractivity contribution in [2.24, 2.45) is 5.73 Å². The summed E-state index contributed by atoms with van der Waals surface area (Å²) >= 11 is 5.82. The molecule has 0 saturated heterocycles. The molecule has 146 valence electrons. The molecule has 0 fully saturated rings. The molecule has 1 atom stereocenters. The van der Waals surface area contributed by atoms with Gasteiger partial charge in [-0.3, -0.25) is 19.4 Å². The van der Waals surface area contributed by atoms with Crippen molar-refractivity contribution in [3.63, 3.8) is 0 Å². The predicted octanol–water partition coefficient (Wildman–Crippen LogP) is 2.30.